The molecular weight excluding hydrogens is 202 g/mol. The minimum absolute atomic E-state index is 0.0881. The average molecular weight is 223 g/mol. The van der Waals surface area contributed by atoms with Gasteiger partial charge in [-0.15, -0.1) is 0 Å². The number of hydroxylamine groups is 1. The molecule has 0 aliphatic heterocycles. The van der Waals surface area contributed by atoms with Crippen molar-refractivity contribution in [1.29, 1.82) is 0 Å². The van der Waals surface area contributed by atoms with Crippen LogP contribution >= 0.6 is 0 Å². The highest BCUT2D eigenvalue weighted by Crippen LogP contribution is 2.20. The number of nitrogens with one attached hydrogen (secondary N) is 1. The van der Waals surface area contributed by atoms with E-state index in [4.69, 9.17) is 9.57 Å². The third kappa shape index (κ3) is 4.21. The molecule has 0 heterocycles. The van der Waals surface area contributed by atoms with Crippen LogP contribution < -0.4 is 10.2 Å². The summed E-state index contributed by atoms with van der Waals surface area (Å²) in [5, 5.41) is 0. The van der Waals surface area contributed by atoms with E-state index < -0.39 is 0 Å². The number of ether oxygens (including phenoxy) is 1. The van der Waals surface area contributed by atoms with Crippen LogP contribution in [0.1, 0.15) is 20.8 Å². The van der Waals surface area contributed by atoms with Crippen molar-refractivity contribution in [1.82, 2.24) is 5.48 Å². The monoisotopic (exact) mass is 223 g/mol. The van der Waals surface area contributed by atoms with Gasteiger partial charge in [0.05, 0.1) is 13.2 Å². The van der Waals surface area contributed by atoms with E-state index in [1.165, 1.54) is 0 Å². The maximum absolute atomic E-state index is 5.70. The molecule has 0 saturated heterocycles. The molecule has 90 valence electrons. The number of para-hydroxylation sites is 1. The maximum Gasteiger partial charge on any atom is 0.119 e. The second-order valence-corrected chi connectivity index (χ2v) is 4.86. The van der Waals surface area contributed by atoms with Gasteiger partial charge in [-0.2, -0.15) is 5.48 Å². The van der Waals surface area contributed by atoms with Crippen LogP contribution in [0.25, 0.3) is 0 Å². The zero-order valence-corrected chi connectivity index (χ0v) is 10.5. The molecule has 0 unspecified atom stereocenters. The molecule has 1 atom stereocenters. The van der Waals surface area contributed by atoms with Crippen LogP contribution in [0.5, 0.6) is 5.75 Å². The summed E-state index contributed by atoms with van der Waals surface area (Å²) in [6, 6.07) is 9.95. The van der Waals surface area contributed by atoms with Crippen LogP contribution in [0.15, 0.2) is 30.3 Å². The minimum Gasteiger partial charge on any atom is -0.492 e. The highest BCUT2D eigenvalue weighted by Gasteiger charge is 2.25. The van der Waals surface area contributed by atoms with E-state index in [9.17, 15) is 0 Å². The number of benzene rings is 1. The summed E-state index contributed by atoms with van der Waals surface area (Å²) in [5.74, 6) is 0.884. The van der Waals surface area contributed by atoms with Gasteiger partial charge >= 0.3 is 0 Å². The Morgan fingerprint density at radius 3 is 2.31 bits per heavy atom. The third-order valence-electron chi connectivity index (χ3n) is 2.47. The topological polar surface area (TPSA) is 30.5 Å². The van der Waals surface area contributed by atoms with Crippen molar-refractivity contribution in [3.05, 3.63) is 30.3 Å². The van der Waals surface area contributed by atoms with Gasteiger partial charge in [-0.3, -0.25) is 0 Å². The Kier molecular flexibility index (Phi) is 4.77. The SMILES string of the molecule is CON[C@@H](COc1ccccc1)C(C)(C)C. The van der Waals surface area contributed by atoms with Crippen molar-refractivity contribution < 1.29 is 9.57 Å². The van der Waals surface area contributed by atoms with Gasteiger partial charge in [0.25, 0.3) is 0 Å². The Morgan fingerprint density at radius 1 is 1.19 bits per heavy atom. The predicted molar refractivity (Wildman–Crippen MR) is 65.3 cm³/mol. The quantitative estimate of drug-likeness (QED) is 0.778. The standard InChI is InChI=1S/C13H21NO2/c1-13(2,3)12(14-15-4)10-16-11-8-6-5-7-9-11/h5-9,12,14H,10H2,1-4H3/t12-/m0/s1. The molecule has 3 heteroatoms. The van der Waals surface area contributed by atoms with Gasteiger partial charge in [0.15, 0.2) is 0 Å². The van der Waals surface area contributed by atoms with Crippen LogP contribution in [0.2, 0.25) is 0 Å². The molecule has 0 radical (unpaired) electrons. The summed E-state index contributed by atoms with van der Waals surface area (Å²) in [5.41, 5.74) is 3.06. The molecule has 1 rings (SSSR count). The first-order valence-corrected chi connectivity index (χ1v) is 5.50. The molecule has 0 saturated carbocycles. The van der Waals surface area contributed by atoms with E-state index in [0.717, 1.165) is 5.75 Å². The summed E-state index contributed by atoms with van der Waals surface area (Å²) in [7, 11) is 1.63. The zero-order chi connectivity index (χ0) is 12.0. The van der Waals surface area contributed by atoms with Crippen molar-refractivity contribution in [2.24, 2.45) is 5.41 Å². The van der Waals surface area contributed by atoms with Crippen molar-refractivity contribution in [2.75, 3.05) is 13.7 Å². The number of rotatable bonds is 5. The van der Waals surface area contributed by atoms with Crippen LogP contribution in [-0.4, -0.2) is 19.8 Å². The fraction of sp³-hybridized carbons (Fsp3) is 0.538. The first-order chi connectivity index (χ1) is 7.54. The molecule has 0 aliphatic carbocycles. The first-order valence-electron chi connectivity index (χ1n) is 5.50. The summed E-state index contributed by atoms with van der Waals surface area (Å²) in [4.78, 5) is 4.99. The number of hydrogen-bond donors (Lipinski definition) is 1. The van der Waals surface area contributed by atoms with Crippen LogP contribution in [0.4, 0.5) is 0 Å². The highest BCUT2D eigenvalue weighted by atomic mass is 16.6. The van der Waals surface area contributed by atoms with Gasteiger partial charge < -0.3 is 9.57 Å². The van der Waals surface area contributed by atoms with E-state index in [-0.39, 0.29) is 11.5 Å². The van der Waals surface area contributed by atoms with E-state index >= 15 is 0 Å². The van der Waals surface area contributed by atoms with Crippen LogP contribution in [0.3, 0.4) is 0 Å². The zero-order valence-electron chi connectivity index (χ0n) is 10.5. The third-order valence-corrected chi connectivity index (χ3v) is 2.47. The summed E-state index contributed by atoms with van der Waals surface area (Å²) < 4.78 is 5.70. The minimum atomic E-state index is 0.0881. The Morgan fingerprint density at radius 2 is 1.81 bits per heavy atom. The average Bonchev–Trinajstić information content (AvgIpc) is 2.24. The molecule has 0 fully saturated rings. The molecule has 0 aliphatic rings. The Labute approximate surface area is 97.7 Å². The van der Waals surface area contributed by atoms with E-state index in [2.05, 4.69) is 26.3 Å². The summed E-state index contributed by atoms with van der Waals surface area (Å²) in [6.07, 6.45) is 0. The van der Waals surface area contributed by atoms with Gasteiger partial charge in [0, 0.05) is 0 Å². The van der Waals surface area contributed by atoms with Gasteiger partial charge in [-0.1, -0.05) is 39.0 Å². The molecule has 1 N–H and O–H groups in total. The molecule has 3 nitrogen and oxygen atoms in total. The van der Waals surface area contributed by atoms with Gasteiger partial charge in [-0.05, 0) is 17.5 Å². The molecule has 0 bridgehead atoms. The summed E-state index contributed by atoms with van der Waals surface area (Å²) >= 11 is 0. The van der Waals surface area contributed by atoms with Gasteiger partial charge in [0.2, 0.25) is 0 Å². The second kappa shape index (κ2) is 5.87. The Hall–Kier alpha value is -1.06. The van der Waals surface area contributed by atoms with Crippen LogP contribution in [-0.2, 0) is 4.84 Å². The molecule has 0 aromatic heterocycles. The summed E-state index contributed by atoms with van der Waals surface area (Å²) in [6.45, 7) is 7.04. The molecule has 16 heavy (non-hydrogen) atoms. The molecule has 0 spiro atoms. The van der Waals surface area contributed by atoms with Crippen LogP contribution in [0, 0.1) is 5.41 Å². The number of hydrogen-bond acceptors (Lipinski definition) is 3. The largest absolute Gasteiger partial charge is 0.492 e. The predicted octanol–water partition coefficient (Wildman–Crippen LogP) is 2.63. The first kappa shape index (κ1) is 13.0. The van der Waals surface area contributed by atoms with Crippen molar-refractivity contribution in [2.45, 2.75) is 26.8 Å². The second-order valence-electron chi connectivity index (χ2n) is 4.86. The molecule has 1 aromatic rings. The Balaban J connectivity index is 2.51. The lowest BCUT2D eigenvalue weighted by Gasteiger charge is -2.30. The van der Waals surface area contributed by atoms with Gasteiger partial charge in [0.1, 0.15) is 12.4 Å². The normalized spacial score (nSPS) is 13.5. The van der Waals surface area contributed by atoms with Crippen molar-refractivity contribution in [3.8, 4) is 5.75 Å². The Bertz CT molecular complexity index is 293. The molecule has 1 aromatic carbocycles. The maximum atomic E-state index is 5.70. The lowest BCUT2D eigenvalue weighted by Crippen LogP contribution is -2.44. The van der Waals surface area contributed by atoms with E-state index in [1.54, 1.807) is 7.11 Å². The lowest BCUT2D eigenvalue weighted by atomic mass is 9.88. The fourth-order valence-corrected chi connectivity index (χ4v) is 1.30. The molecule has 0 amide bonds. The highest BCUT2D eigenvalue weighted by molar-refractivity contribution is 5.20. The van der Waals surface area contributed by atoms with E-state index in [0.29, 0.717) is 6.61 Å². The van der Waals surface area contributed by atoms with E-state index in [1.807, 2.05) is 30.3 Å². The van der Waals surface area contributed by atoms with Crippen molar-refractivity contribution in [3.63, 3.8) is 0 Å². The smallest absolute Gasteiger partial charge is 0.119 e. The molecular formula is C13H21NO2. The lowest BCUT2D eigenvalue weighted by molar-refractivity contribution is 0.00557. The fourth-order valence-electron chi connectivity index (χ4n) is 1.30. The van der Waals surface area contributed by atoms with Gasteiger partial charge in [-0.25, -0.2) is 0 Å². The van der Waals surface area contributed by atoms with Crippen molar-refractivity contribution >= 4 is 0 Å².